The minimum atomic E-state index is -0.384. The molecule has 10 heavy (non-hydrogen) atoms. The van der Waals surface area contributed by atoms with E-state index in [1.807, 2.05) is 0 Å². The Morgan fingerprint density at radius 3 is 3.00 bits per heavy atom. The second-order valence-corrected chi connectivity index (χ2v) is 3.13. The Morgan fingerprint density at radius 2 is 2.60 bits per heavy atom. The summed E-state index contributed by atoms with van der Waals surface area (Å²) in [4.78, 5) is 10.4. The van der Waals surface area contributed by atoms with Crippen molar-refractivity contribution in [2.24, 2.45) is 0 Å². The van der Waals surface area contributed by atoms with Crippen LogP contribution in [0.5, 0.6) is 0 Å². The maximum Gasteiger partial charge on any atom is 0.304 e. The lowest BCUT2D eigenvalue weighted by molar-refractivity contribution is -0.168. The van der Waals surface area contributed by atoms with Crippen LogP contribution in [-0.4, -0.2) is 23.4 Å². The summed E-state index contributed by atoms with van der Waals surface area (Å²) in [5.74, 6) is 0.382. The van der Waals surface area contributed by atoms with E-state index in [0.717, 1.165) is 0 Å². The lowest BCUT2D eigenvalue weighted by atomic mass is 10.7. The Bertz CT molecular complexity index is 137. The number of hydrogen-bond acceptors (Lipinski definition) is 4. The number of carbonyl (C=O) groups is 1. The Morgan fingerprint density at radius 1 is 1.90 bits per heavy atom. The maximum absolute atomic E-state index is 10.4. The Balaban J connectivity index is 2.24. The predicted molar refractivity (Wildman–Crippen MR) is 38.2 cm³/mol. The van der Waals surface area contributed by atoms with Gasteiger partial charge in [-0.15, -0.1) is 11.8 Å². The van der Waals surface area contributed by atoms with Gasteiger partial charge in [-0.05, 0) is 6.92 Å². The fraction of sp³-hybridized carbons (Fsp3) is 0.667. The van der Waals surface area contributed by atoms with E-state index >= 15 is 0 Å². The first kappa shape index (κ1) is 7.88. The number of esters is 1. The molecule has 1 fully saturated rings. The van der Waals surface area contributed by atoms with Crippen molar-refractivity contribution < 1.29 is 14.3 Å². The molecule has 0 spiro atoms. The summed E-state index contributed by atoms with van der Waals surface area (Å²) in [7, 11) is 0. The molecule has 0 amide bonds. The number of hydrogen-bond donors (Lipinski definition) is 0. The van der Waals surface area contributed by atoms with Gasteiger partial charge in [0.2, 0.25) is 6.29 Å². The molecular formula is C6H9O3S. The summed E-state index contributed by atoms with van der Waals surface area (Å²) < 4.78 is 9.84. The molecule has 0 aromatic heterocycles. The van der Waals surface area contributed by atoms with Gasteiger partial charge in [-0.2, -0.15) is 0 Å². The minimum Gasteiger partial charge on any atom is -0.435 e. The molecule has 57 valence electrons. The lowest BCUT2D eigenvalue weighted by Gasteiger charge is -2.08. The van der Waals surface area contributed by atoms with Crippen molar-refractivity contribution >= 4 is 17.7 Å². The molecule has 0 aromatic carbocycles. The van der Waals surface area contributed by atoms with Gasteiger partial charge in [0.15, 0.2) is 0 Å². The van der Waals surface area contributed by atoms with Crippen molar-refractivity contribution in [3.63, 3.8) is 0 Å². The van der Waals surface area contributed by atoms with Gasteiger partial charge in [0, 0.05) is 6.92 Å². The Hall–Kier alpha value is -0.220. The lowest BCUT2D eigenvalue weighted by Crippen LogP contribution is -2.18. The van der Waals surface area contributed by atoms with E-state index in [1.54, 1.807) is 0 Å². The van der Waals surface area contributed by atoms with Crippen LogP contribution < -0.4 is 0 Å². The quantitative estimate of drug-likeness (QED) is 0.533. The van der Waals surface area contributed by atoms with Gasteiger partial charge in [0.1, 0.15) is 5.44 Å². The van der Waals surface area contributed by atoms with Crippen LogP contribution in [0.4, 0.5) is 0 Å². The van der Waals surface area contributed by atoms with Crippen LogP contribution in [-0.2, 0) is 14.3 Å². The van der Waals surface area contributed by atoms with E-state index in [4.69, 9.17) is 9.47 Å². The molecule has 1 aliphatic rings. The average molecular weight is 161 g/mol. The SMILES string of the molecule is [CH2]C1OC(OC(C)=O)CS1. The third-order valence-corrected chi connectivity index (χ3v) is 1.97. The van der Waals surface area contributed by atoms with Gasteiger partial charge in [-0.3, -0.25) is 4.79 Å². The molecule has 2 unspecified atom stereocenters. The fourth-order valence-corrected chi connectivity index (χ4v) is 1.40. The van der Waals surface area contributed by atoms with E-state index in [1.165, 1.54) is 18.7 Å². The zero-order valence-corrected chi connectivity index (χ0v) is 6.52. The van der Waals surface area contributed by atoms with Crippen molar-refractivity contribution in [3.8, 4) is 0 Å². The third kappa shape index (κ3) is 2.19. The molecule has 0 aromatic rings. The normalized spacial score (nSPS) is 32.2. The molecule has 0 saturated carbocycles. The van der Waals surface area contributed by atoms with Crippen LogP contribution in [0, 0.1) is 6.92 Å². The zero-order valence-electron chi connectivity index (χ0n) is 5.70. The van der Waals surface area contributed by atoms with Crippen LogP contribution in [0.3, 0.4) is 0 Å². The van der Waals surface area contributed by atoms with E-state index < -0.39 is 0 Å². The minimum absolute atomic E-state index is 0.0932. The van der Waals surface area contributed by atoms with Gasteiger partial charge < -0.3 is 9.47 Å². The summed E-state index contributed by atoms with van der Waals surface area (Å²) in [6.45, 7) is 5.01. The highest BCUT2D eigenvalue weighted by atomic mass is 32.2. The topological polar surface area (TPSA) is 35.5 Å². The summed E-state index contributed by atoms with van der Waals surface area (Å²) >= 11 is 1.54. The maximum atomic E-state index is 10.4. The summed E-state index contributed by atoms with van der Waals surface area (Å²) in [6, 6.07) is 0. The highest BCUT2D eigenvalue weighted by Gasteiger charge is 2.24. The standard InChI is InChI=1S/C6H9O3S/c1-4(7)8-6-3-10-5(2)9-6/h5-6H,2-3H2,1H3. The summed E-state index contributed by atoms with van der Waals surface area (Å²) in [5.41, 5.74) is -0.0932. The van der Waals surface area contributed by atoms with Gasteiger partial charge in [0.05, 0.1) is 5.75 Å². The smallest absolute Gasteiger partial charge is 0.304 e. The molecule has 1 heterocycles. The largest absolute Gasteiger partial charge is 0.435 e. The van der Waals surface area contributed by atoms with E-state index in [-0.39, 0.29) is 17.7 Å². The summed E-state index contributed by atoms with van der Waals surface area (Å²) in [6.07, 6.45) is -0.384. The third-order valence-electron chi connectivity index (χ3n) is 1.02. The molecule has 1 radical (unpaired) electrons. The zero-order chi connectivity index (χ0) is 7.56. The van der Waals surface area contributed by atoms with E-state index in [9.17, 15) is 4.79 Å². The van der Waals surface area contributed by atoms with Gasteiger partial charge in [-0.25, -0.2) is 0 Å². The second-order valence-electron chi connectivity index (χ2n) is 1.94. The molecule has 0 bridgehead atoms. The van der Waals surface area contributed by atoms with Crippen molar-refractivity contribution in [1.82, 2.24) is 0 Å². The first-order chi connectivity index (χ1) is 4.68. The number of carbonyl (C=O) groups excluding carboxylic acids is 1. The number of ether oxygens (including phenoxy) is 2. The fourth-order valence-electron chi connectivity index (χ4n) is 0.681. The monoisotopic (exact) mass is 161 g/mol. The molecule has 3 nitrogen and oxygen atoms in total. The van der Waals surface area contributed by atoms with Crippen molar-refractivity contribution in [3.05, 3.63) is 6.92 Å². The van der Waals surface area contributed by atoms with Crippen LogP contribution in [0.2, 0.25) is 0 Å². The van der Waals surface area contributed by atoms with Crippen LogP contribution in [0.25, 0.3) is 0 Å². The van der Waals surface area contributed by atoms with Crippen molar-refractivity contribution in [1.29, 1.82) is 0 Å². The Kier molecular flexibility index (Phi) is 2.56. The van der Waals surface area contributed by atoms with E-state index in [2.05, 4.69) is 6.92 Å². The van der Waals surface area contributed by atoms with Crippen molar-refractivity contribution in [2.75, 3.05) is 5.75 Å². The molecule has 2 atom stereocenters. The first-order valence-electron chi connectivity index (χ1n) is 2.96. The van der Waals surface area contributed by atoms with Crippen LogP contribution in [0.1, 0.15) is 6.92 Å². The molecular weight excluding hydrogens is 152 g/mol. The average Bonchev–Trinajstić information content (AvgIpc) is 2.13. The molecule has 1 rings (SSSR count). The highest BCUT2D eigenvalue weighted by Crippen LogP contribution is 2.24. The first-order valence-corrected chi connectivity index (χ1v) is 4.00. The number of rotatable bonds is 1. The summed E-state index contributed by atoms with van der Waals surface area (Å²) in [5, 5.41) is 0. The second kappa shape index (κ2) is 3.25. The molecule has 0 aliphatic carbocycles. The molecule has 1 aliphatic heterocycles. The molecule has 4 heteroatoms. The highest BCUT2D eigenvalue weighted by molar-refractivity contribution is 8.00. The molecule has 0 N–H and O–H groups in total. The van der Waals surface area contributed by atoms with Gasteiger partial charge in [0.25, 0.3) is 0 Å². The number of thioether (sulfide) groups is 1. The van der Waals surface area contributed by atoms with Crippen LogP contribution in [0.15, 0.2) is 0 Å². The van der Waals surface area contributed by atoms with Crippen LogP contribution >= 0.6 is 11.8 Å². The van der Waals surface area contributed by atoms with E-state index in [0.29, 0.717) is 5.75 Å². The van der Waals surface area contributed by atoms with Gasteiger partial charge in [-0.1, -0.05) is 0 Å². The predicted octanol–water partition coefficient (Wildman–Crippen LogP) is 0.799. The van der Waals surface area contributed by atoms with Gasteiger partial charge >= 0.3 is 5.97 Å². The molecule has 1 saturated heterocycles. The Labute approximate surface area is 64.1 Å². The van der Waals surface area contributed by atoms with Crippen molar-refractivity contribution in [2.45, 2.75) is 18.6 Å².